The maximum atomic E-state index is 5.24. The van der Waals surface area contributed by atoms with E-state index in [0.717, 1.165) is 23.3 Å². The van der Waals surface area contributed by atoms with Crippen LogP contribution in [-0.4, -0.2) is 13.7 Å². The molecule has 0 aliphatic heterocycles. The van der Waals surface area contributed by atoms with Gasteiger partial charge in [-0.15, -0.1) is 0 Å². The minimum absolute atomic E-state index is 0.891. The second-order valence-corrected chi connectivity index (χ2v) is 6.47. The molecule has 0 unspecified atom stereocenters. The smallest absolute Gasteiger partial charge is 0.133 e. The zero-order valence-corrected chi connectivity index (χ0v) is 15.2. The first kappa shape index (κ1) is 18.5. The lowest BCUT2D eigenvalue weighted by Crippen LogP contribution is -2.14. The van der Waals surface area contributed by atoms with Crippen molar-refractivity contribution in [2.24, 2.45) is 0 Å². The van der Waals surface area contributed by atoms with Crippen LogP contribution in [0.25, 0.3) is 0 Å². The Morgan fingerprint density at radius 1 is 1.00 bits per heavy atom. The van der Waals surface area contributed by atoms with E-state index < -0.39 is 0 Å². The molecule has 120 valence electrons. The van der Waals surface area contributed by atoms with Crippen molar-refractivity contribution >= 4 is 15.9 Å². The van der Waals surface area contributed by atoms with Crippen LogP contribution < -0.4 is 10.1 Å². The number of ether oxygens (including phenoxy) is 1. The molecule has 21 heavy (non-hydrogen) atoms. The molecule has 0 radical (unpaired) electrons. The van der Waals surface area contributed by atoms with Crippen LogP contribution in [0.5, 0.6) is 5.75 Å². The highest BCUT2D eigenvalue weighted by atomic mass is 79.9. The van der Waals surface area contributed by atoms with Gasteiger partial charge in [0, 0.05) is 6.54 Å². The molecule has 1 aromatic carbocycles. The van der Waals surface area contributed by atoms with Gasteiger partial charge in [-0.2, -0.15) is 0 Å². The lowest BCUT2D eigenvalue weighted by atomic mass is 10.1. The van der Waals surface area contributed by atoms with Gasteiger partial charge in [0.2, 0.25) is 0 Å². The van der Waals surface area contributed by atoms with Gasteiger partial charge in [0.15, 0.2) is 0 Å². The number of halogens is 1. The first-order valence-corrected chi connectivity index (χ1v) is 9.10. The molecule has 1 N–H and O–H groups in total. The maximum absolute atomic E-state index is 5.24. The van der Waals surface area contributed by atoms with E-state index in [1.807, 2.05) is 6.07 Å². The third kappa shape index (κ3) is 8.47. The predicted octanol–water partition coefficient (Wildman–Crippen LogP) is 5.69. The normalized spacial score (nSPS) is 10.8. The molecular weight excluding hydrogens is 326 g/mol. The molecule has 0 atom stereocenters. The van der Waals surface area contributed by atoms with Crippen molar-refractivity contribution < 1.29 is 4.74 Å². The van der Waals surface area contributed by atoms with E-state index in [9.17, 15) is 0 Å². The molecular formula is C18H30BrNO. The van der Waals surface area contributed by atoms with Gasteiger partial charge in [0.25, 0.3) is 0 Å². The molecule has 0 aliphatic carbocycles. The van der Waals surface area contributed by atoms with Crippen molar-refractivity contribution in [3.63, 3.8) is 0 Å². The Balaban J connectivity index is 2.00. The fourth-order valence-electron chi connectivity index (χ4n) is 2.44. The number of methoxy groups -OCH3 is 1. The van der Waals surface area contributed by atoms with E-state index in [-0.39, 0.29) is 0 Å². The highest BCUT2D eigenvalue weighted by molar-refractivity contribution is 9.10. The summed E-state index contributed by atoms with van der Waals surface area (Å²) in [5, 5.41) is 3.52. The standard InChI is InChI=1S/C18H30BrNO/c1-3-4-5-6-7-8-9-10-13-20-15-16-11-12-18(21-2)17(19)14-16/h11-12,14,20H,3-10,13,15H2,1-2H3. The minimum Gasteiger partial charge on any atom is -0.496 e. The van der Waals surface area contributed by atoms with E-state index in [1.165, 1.54) is 56.9 Å². The van der Waals surface area contributed by atoms with Crippen molar-refractivity contribution in [1.29, 1.82) is 0 Å². The van der Waals surface area contributed by atoms with Crippen molar-refractivity contribution in [3.8, 4) is 5.75 Å². The van der Waals surface area contributed by atoms with Crippen molar-refractivity contribution in [3.05, 3.63) is 28.2 Å². The van der Waals surface area contributed by atoms with Crippen LogP contribution in [-0.2, 0) is 6.54 Å². The van der Waals surface area contributed by atoms with Gasteiger partial charge in [0.1, 0.15) is 5.75 Å². The second kappa shape index (κ2) is 12.0. The Bertz CT molecular complexity index is 381. The monoisotopic (exact) mass is 355 g/mol. The molecule has 1 rings (SSSR count). The lowest BCUT2D eigenvalue weighted by molar-refractivity contribution is 0.412. The molecule has 0 aliphatic rings. The Labute approximate surface area is 138 Å². The van der Waals surface area contributed by atoms with E-state index in [2.05, 4.69) is 40.3 Å². The average Bonchev–Trinajstić information content (AvgIpc) is 2.49. The molecule has 0 heterocycles. The summed E-state index contributed by atoms with van der Waals surface area (Å²) in [6, 6.07) is 6.25. The molecule has 1 aromatic rings. The average molecular weight is 356 g/mol. The summed E-state index contributed by atoms with van der Waals surface area (Å²) in [7, 11) is 1.69. The third-order valence-electron chi connectivity index (χ3n) is 3.75. The minimum atomic E-state index is 0.891. The van der Waals surface area contributed by atoms with Gasteiger partial charge in [-0.25, -0.2) is 0 Å². The molecule has 0 saturated carbocycles. The Morgan fingerprint density at radius 2 is 1.67 bits per heavy atom. The van der Waals surface area contributed by atoms with Crippen molar-refractivity contribution in [2.75, 3.05) is 13.7 Å². The van der Waals surface area contributed by atoms with Crippen molar-refractivity contribution in [1.82, 2.24) is 5.32 Å². The summed E-state index contributed by atoms with van der Waals surface area (Å²) in [6.45, 7) is 4.31. The maximum Gasteiger partial charge on any atom is 0.133 e. The van der Waals surface area contributed by atoms with E-state index in [0.29, 0.717) is 0 Å². The van der Waals surface area contributed by atoms with Crippen LogP contribution in [0.1, 0.15) is 63.9 Å². The summed E-state index contributed by atoms with van der Waals surface area (Å²) in [6.07, 6.45) is 11.0. The number of hydrogen-bond donors (Lipinski definition) is 1. The zero-order chi connectivity index (χ0) is 15.3. The largest absolute Gasteiger partial charge is 0.496 e. The van der Waals surface area contributed by atoms with Gasteiger partial charge in [-0.1, -0.05) is 57.9 Å². The third-order valence-corrected chi connectivity index (χ3v) is 4.37. The number of hydrogen-bond acceptors (Lipinski definition) is 2. The van der Waals surface area contributed by atoms with Crippen LogP contribution in [0.15, 0.2) is 22.7 Å². The highest BCUT2D eigenvalue weighted by Crippen LogP contribution is 2.25. The van der Waals surface area contributed by atoms with Crippen LogP contribution in [0.4, 0.5) is 0 Å². The molecule has 0 saturated heterocycles. The van der Waals surface area contributed by atoms with Gasteiger partial charge >= 0.3 is 0 Å². The summed E-state index contributed by atoms with van der Waals surface area (Å²) in [4.78, 5) is 0. The predicted molar refractivity (Wildman–Crippen MR) is 95.0 cm³/mol. The molecule has 0 amide bonds. The lowest BCUT2D eigenvalue weighted by Gasteiger charge is -2.08. The molecule has 2 nitrogen and oxygen atoms in total. The molecule has 0 fully saturated rings. The first-order valence-electron chi connectivity index (χ1n) is 8.31. The van der Waals surface area contributed by atoms with Gasteiger partial charge in [-0.05, 0) is 46.6 Å². The van der Waals surface area contributed by atoms with Crippen LogP contribution in [0.2, 0.25) is 0 Å². The first-order chi connectivity index (χ1) is 10.3. The Morgan fingerprint density at radius 3 is 2.29 bits per heavy atom. The molecule has 3 heteroatoms. The van der Waals surface area contributed by atoms with Gasteiger partial charge in [0.05, 0.1) is 11.6 Å². The van der Waals surface area contributed by atoms with Crippen LogP contribution in [0.3, 0.4) is 0 Å². The van der Waals surface area contributed by atoms with E-state index in [4.69, 9.17) is 4.74 Å². The molecule has 0 bridgehead atoms. The SMILES string of the molecule is CCCCCCCCCCNCc1ccc(OC)c(Br)c1. The highest BCUT2D eigenvalue weighted by Gasteiger charge is 2.00. The van der Waals surface area contributed by atoms with Gasteiger partial charge in [-0.3, -0.25) is 0 Å². The summed E-state index contributed by atoms with van der Waals surface area (Å²) in [5.41, 5.74) is 1.29. The topological polar surface area (TPSA) is 21.3 Å². The Kier molecular flexibility index (Phi) is 10.6. The molecule has 0 aromatic heterocycles. The van der Waals surface area contributed by atoms with Gasteiger partial charge < -0.3 is 10.1 Å². The number of benzene rings is 1. The second-order valence-electron chi connectivity index (χ2n) is 5.62. The summed E-state index contributed by atoms with van der Waals surface area (Å²) in [5.74, 6) is 0.891. The Hall–Kier alpha value is -0.540. The fourth-order valence-corrected chi connectivity index (χ4v) is 3.02. The quantitative estimate of drug-likeness (QED) is 0.486. The number of unbranched alkanes of at least 4 members (excludes halogenated alkanes) is 7. The fraction of sp³-hybridized carbons (Fsp3) is 0.667. The van der Waals surface area contributed by atoms with Crippen LogP contribution >= 0.6 is 15.9 Å². The van der Waals surface area contributed by atoms with E-state index >= 15 is 0 Å². The zero-order valence-electron chi connectivity index (χ0n) is 13.6. The number of rotatable bonds is 12. The summed E-state index contributed by atoms with van der Waals surface area (Å²) < 4.78 is 6.26. The van der Waals surface area contributed by atoms with Crippen molar-refractivity contribution in [2.45, 2.75) is 64.8 Å². The summed E-state index contributed by atoms with van der Waals surface area (Å²) >= 11 is 3.52. The van der Waals surface area contributed by atoms with E-state index in [1.54, 1.807) is 7.11 Å². The number of nitrogens with one attached hydrogen (secondary N) is 1. The molecule has 0 spiro atoms. The van der Waals surface area contributed by atoms with Crippen LogP contribution in [0, 0.1) is 0 Å².